The summed E-state index contributed by atoms with van der Waals surface area (Å²) in [5, 5.41) is 16.4. The predicted molar refractivity (Wildman–Crippen MR) is 170 cm³/mol. The SMILES string of the molecule is Cc1c(C#N)c2ccccc2n1CC(=O)N1CCCOc2cccc(c2)-c2nccn2CCNC(=O)[C@@H](CC(C)C)NC(=O)C1. The van der Waals surface area contributed by atoms with Crippen molar-refractivity contribution >= 4 is 28.6 Å². The van der Waals surface area contributed by atoms with Crippen LogP contribution in [-0.2, 0) is 27.5 Å². The number of aromatic nitrogens is 3. The lowest BCUT2D eigenvalue weighted by Crippen LogP contribution is -2.51. The summed E-state index contributed by atoms with van der Waals surface area (Å²) in [5.74, 6) is 0.621. The van der Waals surface area contributed by atoms with Crippen LogP contribution in [0.4, 0.5) is 0 Å². The molecule has 0 saturated carbocycles. The molecule has 0 saturated heterocycles. The standard InChI is InChI=1S/C34H39N7O4/c1-23(2)18-29-34(44)37-13-16-39-15-12-36-33(39)25-8-6-9-26(19-25)45-17-7-14-40(21-31(42)38-29)32(43)22-41-24(3)28(20-35)27-10-4-5-11-30(27)41/h4-6,8-12,15,19,23,29H,7,13-14,16-18,21-22H2,1-3H3,(H,37,44)(H,38,42)/t29-/m1/s1. The second-order valence-electron chi connectivity index (χ2n) is 11.7. The normalized spacial score (nSPS) is 16.6. The minimum Gasteiger partial charge on any atom is -0.494 e. The lowest BCUT2D eigenvalue weighted by molar-refractivity contribution is -0.137. The van der Waals surface area contributed by atoms with E-state index in [0.29, 0.717) is 49.5 Å². The van der Waals surface area contributed by atoms with E-state index in [9.17, 15) is 19.6 Å². The van der Waals surface area contributed by atoms with Gasteiger partial charge in [-0.3, -0.25) is 14.4 Å². The van der Waals surface area contributed by atoms with E-state index < -0.39 is 11.9 Å². The van der Waals surface area contributed by atoms with Crippen LogP contribution in [0.1, 0.15) is 37.9 Å². The van der Waals surface area contributed by atoms with Gasteiger partial charge < -0.3 is 29.4 Å². The highest BCUT2D eigenvalue weighted by molar-refractivity contribution is 5.92. The molecular weight excluding hydrogens is 570 g/mol. The van der Waals surface area contributed by atoms with E-state index >= 15 is 0 Å². The van der Waals surface area contributed by atoms with Gasteiger partial charge in [0.15, 0.2) is 0 Å². The molecule has 2 aromatic carbocycles. The summed E-state index contributed by atoms with van der Waals surface area (Å²) in [7, 11) is 0. The van der Waals surface area contributed by atoms with Gasteiger partial charge in [-0.1, -0.05) is 44.2 Å². The average Bonchev–Trinajstić information content (AvgIpc) is 3.59. The van der Waals surface area contributed by atoms with Gasteiger partial charge in [0.25, 0.3) is 0 Å². The van der Waals surface area contributed by atoms with Gasteiger partial charge in [0.2, 0.25) is 17.7 Å². The highest BCUT2D eigenvalue weighted by Crippen LogP contribution is 2.26. The first-order valence-electron chi connectivity index (χ1n) is 15.3. The summed E-state index contributed by atoms with van der Waals surface area (Å²) < 4.78 is 9.84. The van der Waals surface area contributed by atoms with Crippen LogP contribution in [0.2, 0.25) is 0 Å². The Morgan fingerprint density at radius 1 is 1.16 bits per heavy atom. The summed E-state index contributed by atoms with van der Waals surface area (Å²) in [6.45, 7) is 7.00. The molecule has 0 spiro atoms. The molecule has 11 heteroatoms. The van der Waals surface area contributed by atoms with Crippen LogP contribution in [0.5, 0.6) is 5.75 Å². The predicted octanol–water partition coefficient (Wildman–Crippen LogP) is 3.64. The molecular formula is C34H39N7O4. The van der Waals surface area contributed by atoms with Crippen molar-refractivity contribution in [3.05, 3.63) is 72.2 Å². The van der Waals surface area contributed by atoms with Gasteiger partial charge in [-0.05, 0) is 43.9 Å². The van der Waals surface area contributed by atoms with Crippen LogP contribution in [0.15, 0.2) is 60.9 Å². The maximum atomic E-state index is 13.8. The molecule has 1 aliphatic rings. The second kappa shape index (κ2) is 14.1. The maximum Gasteiger partial charge on any atom is 0.242 e. The Balaban J connectivity index is 1.41. The van der Waals surface area contributed by atoms with E-state index in [1.54, 1.807) is 6.20 Å². The number of nitriles is 1. The monoisotopic (exact) mass is 609 g/mol. The minimum absolute atomic E-state index is 0.0350. The van der Waals surface area contributed by atoms with E-state index in [1.807, 2.05) is 84.6 Å². The number of nitrogens with zero attached hydrogens (tertiary/aromatic N) is 5. The van der Waals surface area contributed by atoms with Crippen molar-refractivity contribution in [2.45, 2.75) is 52.7 Å². The van der Waals surface area contributed by atoms with Crippen molar-refractivity contribution in [2.24, 2.45) is 5.92 Å². The topological polar surface area (TPSA) is 134 Å². The third-order valence-electron chi connectivity index (χ3n) is 7.98. The number of imidazole rings is 1. The molecule has 1 aliphatic heterocycles. The van der Waals surface area contributed by atoms with E-state index in [1.165, 1.54) is 4.90 Å². The van der Waals surface area contributed by atoms with Crippen molar-refractivity contribution in [1.29, 1.82) is 5.26 Å². The number of nitrogens with one attached hydrogen (secondary N) is 2. The fourth-order valence-corrected chi connectivity index (χ4v) is 5.76. The van der Waals surface area contributed by atoms with E-state index in [2.05, 4.69) is 21.7 Å². The fourth-order valence-electron chi connectivity index (χ4n) is 5.76. The summed E-state index contributed by atoms with van der Waals surface area (Å²) in [5.41, 5.74) is 2.88. The molecule has 4 aromatic rings. The third-order valence-corrected chi connectivity index (χ3v) is 7.98. The van der Waals surface area contributed by atoms with Gasteiger partial charge in [-0.25, -0.2) is 4.98 Å². The summed E-state index contributed by atoms with van der Waals surface area (Å²) >= 11 is 0. The van der Waals surface area contributed by atoms with Gasteiger partial charge in [-0.15, -0.1) is 0 Å². The van der Waals surface area contributed by atoms with Crippen LogP contribution in [0.3, 0.4) is 0 Å². The highest BCUT2D eigenvalue weighted by Gasteiger charge is 2.25. The number of fused-ring (bicyclic) bond motifs is 5. The number of carbonyl (C=O) groups excluding carboxylic acids is 3. The van der Waals surface area contributed by atoms with Crippen LogP contribution in [0, 0.1) is 24.2 Å². The Bertz CT molecular complexity index is 1730. The quantitative estimate of drug-likeness (QED) is 0.363. The summed E-state index contributed by atoms with van der Waals surface area (Å²) in [6, 6.07) is 16.6. The zero-order chi connectivity index (χ0) is 31.9. The molecule has 45 heavy (non-hydrogen) atoms. The van der Waals surface area contributed by atoms with E-state index in [-0.39, 0.29) is 37.4 Å². The Kier molecular flexibility index (Phi) is 9.82. The van der Waals surface area contributed by atoms with Gasteiger partial charge in [0.1, 0.15) is 30.2 Å². The fraction of sp³-hybridized carbons (Fsp3) is 0.382. The first kappa shape index (κ1) is 31.3. The molecule has 0 aliphatic carbocycles. The number of rotatable bonds is 4. The molecule has 3 amide bonds. The maximum absolute atomic E-state index is 13.8. The first-order valence-corrected chi connectivity index (χ1v) is 15.3. The Morgan fingerprint density at radius 2 is 1.98 bits per heavy atom. The van der Waals surface area contributed by atoms with Crippen LogP contribution >= 0.6 is 0 Å². The summed E-state index contributed by atoms with van der Waals surface area (Å²) in [4.78, 5) is 46.4. The van der Waals surface area contributed by atoms with E-state index in [4.69, 9.17) is 4.74 Å². The van der Waals surface area contributed by atoms with Crippen molar-refractivity contribution in [2.75, 3.05) is 26.2 Å². The molecule has 2 bridgehead atoms. The van der Waals surface area contributed by atoms with Crippen molar-refractivity contribution in [3.63, 3.8) is 0 Å². The third kappa shape index (κ3) is 7.34. The summed E-state index contributed by atoms with van der Waals surface area (Å²) in [6.07, 6.45) is 4.52. The first-order chi connectivity index (χ1) is 21.7. The minimum atomic E-state index is -0.746. The molecule has 5 rings (SSSR count). The number of ether oxygens (including phenoxy) is 1. The molecule has 1 atom stereocenters. The number of hydrogen-bond acceptors (Lipinski definition) is 6. The van der Waals surface area contributed by atoms with Gasteiger partial charge in [0.05, 0.1) is 24.2 Å². The van der Waals surface area contributed by atoms with Crippen LogP contribution in [-0.4, -0.2) is 69.0 Å². The number of para-hydroxylation sites is 1. The van der Waals surface area contributed by atoms with Gasteiger partial charge in [-0.2, -0.15) is 5.26 Å². The van der Waals surface area contributed by atoms with Crippen molar-refractivity contribution in [1.82, 2.24) is 29.7 Å². The molecule has 2 N–H and O–H groups in total. The van der Waals surface area contributed by atoms with Gasteiger partial charge in [0, 0.05) is 48.7 Å². The molecule has 234 valence electrons. The van der Waals surface area contributed by atoms with Crippen molar-refractivity contribution < 1.29 is 19.1 Å². The molecule has 0 fully saturated rings. The smallest absolute Gasteiger partial charge is 0.242 e. The lowest BCUT2D eigenvalue weighted by atomic mass is 10.0. The molecule has 11 nitrogen and oxygen atoms in total. The second-order valence-corrected chi connectivity index (χ2v) is 11.7. The number of hydrogen-bond donors (Lipinski definition) is 2. The largest absolute Gasteiger partial charge is 0.494 e. The Hall–Kier alpha value is -5.11. The average molecular weight is 610 g/mol. The Labute approximate surface area is 262 Å². The Morgan fingerprint density at radius 3 is 2.78 bits per heavy atom. The van der Waals surface area contributed by atoms with Gasteiger partial charge >= 0.3 is 0 Å². The lowest BCUT2D eigenvalue weighted by Gasteiger charge is -2.26. The van der Waals surface area contributed by atoms with Crippen LogP contribution < -0.4 is 15.4 Å². The van der Waals surface area contributed by atoms with Crippen molar-refractivity contribution in [3.8, 4) is 23.2 Å². The van der Waals surface area contributed by atoms with Crippen LogP contribution in [0.25, 0.3) is 22.3 Å². The molecule has 2 aromatic heterocycles. The zero-order valence-electron chi connectivity index (χ0n) is 26.0. The number of carbonyl (C=O) groups is 3. The molecule has 3 heterocycles. The number of amides is 3. The molecule has 0 unspecified atom stereocenters. The highest BCUT2D eigenvalue weighted by atomic mass is 16.5. The zero-order valence-corrected chi connectivity index (χ0v) is 26.0. The van der Waals surface area contributed by atoms with E-state index in [0.717, 1.165) is 22.3 Å². The molecule has 0 radical (unpaired) electrons. The number of benzene rings is 2.